The summed E-state index contributed by atoms with van der Waals surface area (Å²) < 4.78 is 6.55. The first-order valence-electron chi connectivity index (χ1n) is 6.64. The Kier molecular flexibility index (Phi) is 3.64. The number of amides is 2. The highest BCUT2D eigenvalue weighted by Crippen LogP contribution is 2.45. The Bertz CT molecular complexity index is 537. The topological polar surface area (TPSA) is 86.1 Å². The van der Waals surface area contributed by atoms with Crippen LogP contribution in [0.4, 0.5) is 4.79 Å². The van der Waals surface area contributed by atoms with Crippen molar-refractivity contribution in [1.82, 2.24) is 20.1 Å². The minimum Gasteiger partial charge on any atom is -0.453 e. The number of nitrogens with one attached hydrogen (secondary N) is 1. The summed E-state index contributed by atoms with van der Waals surface area (Å²) in [7, 11) is 1.22. The van der Waals surface area contributed by atoms with Crippen LogP contribution in [0.15, 0.2) is 5.16 Å². The Balaban J connectivity index is 1.62. The molecule has 0 saturated heterocycles. The summed E-state index contributed by atoms with van der Waals surface area (Å²) >= 11 is 1.31. The van der Waals surface area contributed by atoms with Crippen molar-refractivity contribution in [3.8, 4) is 0 Å². The molecule has 2 amide bonds. The van der Waals surface area contributed by atoms with Gasteiger partial charge in [0.1, 0.15) is 5.82 Å². The molecule has 2 saturated carbocycles. The number of rotatable bonds is 5. The van der Waals surface area contributed by atoms with Gasteiger partial charge in [-0.05, 0) is 25.7 Å². The summed E-state index contributed by atoms with van der Waals surface area (Å²) in [5.41, 5.74) is 0. The Morgan fingerprint density at radius 1 is 1.35 bits per heavy atom. The van der Waals surface area contributed by atoms with Crippen LogP contribution in [0, 0.1) is 0 Å². The third kappa shape index (κ3) is 2.95. The average molecular weight is 296 g/mol. The largest absolute Gasteiger partial charge is 0.453 e. The van der Waals surface area contributed by atoms with Crippen LogP contribution in [0.5, 0.6) is 0 Å². The zero-order chi connectivity index (χ0) is 14.1. The van der Waals surface area contributed by atoms with E-state index in [2.05, 4.69) is 24.8 Å². The van der Waals surface area contributed by atoms with Gasteiger partial charge in [-0.1, -0.05) is 11.8 Å². The van der Waals surface area contributed by atoms with Crippen LogP contribution < -0.4 is 5.32 Å². The van der Waals surface area contributed by atoms with Gasteiger partial charge in [0.25, 0.3) is 0 Å². The van der Waals surface area contributed by atoms with Crippen LogP contribution in [0.25, 0.3) is 0 Å². The number of hydrogen-bond acceptors (Lipinski definition) is 6. The van der Waals surface area contributed by atoms with Gasteiger partial charge in [0.05, 0.1) is 12.9 Å². The van der Waals surface area contributed by atoms with Crippen molar-refractivity contribution in [1.29, 1.82) is 0 Å². The minimum atomic E-state index is -0.738. The summed E-state index contributed by atoms with van der Waals surface area (Å²) in [6, 6.07) is 0.492. The van der Waals surface area contributed by atoms with Crippen molar-refractivity contribution >= 4 is 23.8 Å². The second-order valence-electron chi connectivity index (χ2n) is 5.04. The van der Waals surface area contributed by atoms with Gasteiger partial charge in [0.2, 0.25) is 5.91 Å². The maximum Gasteiger partial charge on any atom is 0.413 e. The van der Waals surface area contributed by atoms with Gasteiger partial charge in [-0.15, -0.1) is 10.2 Å². The van der Waals surface area contributed by atoms with E-state index in [1.807, 2.05) is 0 Å². The molecule has 1 N–H and O–H groups in total. The fourth-order valence-corrected chi connectivity index (χ4v) is 2.83. The molecule has 1 heterocycles. The number of imide groups is 1. The van der Waals surface area contributed by atoms with E-state index in [0.717, 1.165) is 23.8 Å². The van der Waals surface area contributed by atoms with E-state index >= 15 is 0 Å². The van der Waals surface area contributed by atoms with Gasteiger partial charge >= 0.3 is 6.09 Å². The standard InChI is InChI=1S/C12H16N4O3S/c1-19-12(18)13-9(17)6-20-11-15-14-10(7-2-3-7)16(11)8-4-5-8/h7-8H,2-6H2,1H3,(H,13,17,18). The van der Waals surface area contributed by atoms with Crippen LogP contribution in [0.2, 0.25) is 0 Å². The molecule has 0 spiro atoms. The lowest BCUT2D eigenvalue weighted by atomic mass is 10.4. The number of alkyl carbamates (subject to hydrolysis) is 1. The van der Waals surface area contributed by atoms with Gasteiger partial charge in [-0.2, -0.15) is 0 Å². The number of carbonyl (C=O) groups is 2. The molecular weight excluding hydrogens is 280 g/mol. The third-order valence-corrected chi connectivity index (χ3v) is 4.25. The summed E-state index contributed by atoms with van der Waals surface area (Å²) in [6.07, 6.45) is 3.92. The summed E-state index contributed by atoms with van der Waals surface area (Å²) in [5.74, 6) is 1.34. The van der Waals surface area contributed by atoms with Gasteiger partial charge < -0.3 is 9.30 Å². The monoisotopic (exact) mass is 296 g/mol. The van der Waals surface area contributed by atoms with Crippen molar-refractivity contribution in [3.05, 3.63) is 5.82 Å². The average Bonchev–Trinajstić information content (AvgIpc) is 3.35. The Morgan fingerprint density at radius 3 is 2.70 bits per heavy atom. The second kappa shape index (κ2) is 5.43. The third-order valence-electron chi connectivity index (χ3n) is 3.30. The molecule has 108 valence electrons. The van der Waals surface area contributed by atoms with Crippen molar-refractivity contribution in [2.24, 2.45) is 0 Å². The van der Waals surface area contributed by atoms with Crippen molar-refractivity contribution in [2.75, 3.05) is 12.9 Å². The number of carbonyl (C=O) groups excluding carboxylic acids is 2. The molecule has 1 aromatic rings. The lowest BCUT2D eigenvalue weighted by molar-refractivity contribution is -0.117. The first-order valence-corrected chi connectivity index (χ1v) is 7.63. The normalized spacial score (nSPS) is 17.9. The van der Waals surface area contributed by atoms with Crippen molar-refractivity contribution in [3.63, 3.8) is 0 Å². The molecule has 2 fully saturated rings. The van der Waals surface area contributed by atoms with E-state index in [1.54, 1.807) is 0 Å². The fraction of sp³-hybridized carbons (Fsp3) is 0.667. The van der Waals surface area contributed by atoms with E-state index in [1.165, 1.54) is 31.7 Å². The number of thioether (sulfide) groups is 1. The van der Waals surface area contributed by atoms with E-state index in [-0.39, 0.29) is 11.7 Å². The molecule has 2 aliphatic carbocycles. The number of nitrogens with zero attached hydrogens (tertiary/aromatic N) is 3. The molecule has 0 bridgehead atoms. The molecule has 7 nitrogen and oxygen atoms in total. The summed E-state index contributed by atoms with van der Waals surface area (Å²) in [4.78, 5) is 22.5. The molecular formula is C12H16N4O3S. The zero-order valence-corrected chi connectivity index (χ0v) is 12.0. The van der Waals surface area contributed by atoms with E-state index in [9.17, 15) is 9.59 Å². The van der Waals surface area contributed by atoms with Gasteiger partial charge in [0, 0.05) is 12.0 Å². The molecule has 1 aromatic heterocycles. The molecule has 0 unspecified atom stereocenters. The molecule has 0 aliphatic heterocycles. The predicted molar refractivity (Wildman–Crippen MR) is 71.5 cm³/mol. The fourth-order valence-electron chi connectivity index (χ4n) is 2.01. The predicted octanol–water partition coefficient (Wildman–Crippen LogP) is 1.47. The summed E-state index contributed by atoms with van der Waals surface area (Å²) in [5, 5.41) is 11.4. The van der Waals surface area contributed by atoms with Crippen LogP contribution >= 0.6 is 11.8 Å². The minimum absolute atomic E-state index is 0.130. The van der Waals surface area contributed by atoms with Crippen molar-refractivity contribution < 1.29 is 14.3 Å². The number of ether oxygens (including phenoxy) is 1. The van der Waals surface area contributed by atoms with Gasteiger partial charge in [0.15, 0.2) is 5.16 Å². The highest BCUT2D eigenvalue weighted by atomic mass is 32.2. The Labute approximate surface area is 120 Å². The number of hydrogen-bond donors (Lipinski definition) is 1. The zero-order valence-electron chi connectivity index (χ0n) is 11.2. The maximum atomic E-state index is 11.5. The smallest absolute Gasteiger partial charge is 0.413 e. The first-order chi connectivity index (χ1) is 9.69. The molecule has 8 heteroatoms. The lowest BCUT2D eigenvalue weighted by Crippen LogP contribution is -2.31. The Hall–Kier alpha value is -1.57. The van der Waals surface area contributed by atoms with E-state index < -0.39 is 6.09 Å². The quantitative estimate of drug-likeness (QED) is 0.828. The van der Waals surface area contributed by atoms with Gasteiger partial charge in [-0.3, -0.25) is 10.1 Å². The SMILES string of the molecule is COC(=O)NC(=O)CSc1nnc(C2CC2)n1C1CC1. The highest BCUT2D eigenvalue weighted by molar-refractivity contribution is 7.99. The highest BCUT2D eigenvalue weighted by Gasteiger charge is 2.36. The number of methoxy groups -OCH3 is 1. The summed E-state index contributed by atoms with van der Waals surface area (Å²) in [6.45, 7) is 0. The number of aromatic nitrogens is 3. The molecule has 0 aromatic carbocycles. The van der Waals surface area contributed by atoms with Crippen LogP contribution in [0.3, 0.4) is 0 Å². The molecule has 0 radical (unpaired) electrons. The second-order valence-corrected chi connectivity index (χ2v) is 5.99. The van der Waals surface area contributed by atoms with Gasteiger partial charge in [-0.25, -0.2) is 4.79 Å². The maximum absolute atomic E-state index is 11.5. The molecule has 3 rings (SSSR count). The molecule has 2 aliphatic rings. The van der Waals surface area contributed by atoms with Crippen LogP contribution in [-0.4, -0.2) is 39.6 Å². The Morgan fingerprint density at radius 2 is 2.10 bits per heavy atom. The van der Waals surface area contributed by atoms with Crippen molar-refractivity contribution in [2.45, 2.75) is 42.8 Å². The molecule has 20 heavy (non-hydrogen) atoms. The van der Waals surface area contributed by atoms with E-state index in [4.69, 9.17) is 0 Å². The first kappa shape index (κ1) is 13.4. The van der Waals surface area contributed by atoms with E-state index in [0.29, 0.717) is 12.0 Å². The van der Waals surface area contributed by atoms with Crippen LogP contribution in [0.1, 0.15) is 43.5 Å². The van der Waals surface area contributed by atoms with Crippen LogP contribution in [-0.2, 0) is 9.53 Å². The molecule has 0 atom stereocenters. The lowest BCUT2D eigenvalue weighted by Gasteiger charge is -2.07.